The molecule has 12 heavy (non-hydrogen) atoms. The van der Waals surface area contributed by atoms with Crippen LogP contribution in [0.3, 0.4) is 0 Å². The fraction of sp³-hybridized carbons (Fsp3) is 0.500. The summed E-state index contributed by atoms with van der Waals surface area (Å²) in [6, 6.07) is 0. The predicted molar refractivity (Wildman–Crippen MR) is 45.4 cm³/mol. The molecular weight excluding hydrogens is 152 g/mol. The summed E-state index contributed by atoms with van der Waals surface area (Å²) in [5.74, 6) is 0.396. The number of carbonyl (C=O) groups is 1. The molecular formula is C10H12O2. The molecule has 1 heterocycles. The van der Waals surface area contributed by atoms with Gasteiger partial charge in [-0.3, -0.25) is 4.79 Å². The maximum atomic E-state index is 11.3. The lowest BCUT2D eigenvalue weighted by Gasteiger charge is -2.10. The minimum absolute atomic E-state index is 0.0470. The van der Waals surface area contributed by atoms with Crippen LogP contribution < -0.4 is 0 Å². The minimum Gasteiger partial charge on any atom is -0.458 e. The van der Waals surface area contributed by atoms with E-state index in [1.165, 1.54) is 0 Å². The lowest BCUT2D eigenvalue weighted by Crippen LogP contribution is -2.15. The van der Waals surface area contributed by atoms with Gasteiger partial charge in [0.25, 0.3) is 0 Å². The van der Waals surface area contributed by atoms with Gasteiger partial charge in [0.2, 0.25) is 0 Å². The minimum atomic E-state index is -0.0470. The van der Waals surface area contributed by atoms with Gasteiger partial charge in [-0.15, -0.1) is 6.58 Å². The topological polar surface area (TPSA) is 26.3 Å². The zero-order valence-corrected chi connectivity index (χ0v) is 6.90. The third-order valence-corrected chi connectivity index (χ3v) is 2.65. The van der Waals surface area contributed by atoms with E-state index in [-0.39, 0.29) is 18.0 Å². The highest BCUT2D eigenvalue weighted by atomic mass is 16.6. The number of carbonyl (C=O) groups excluding carboxylic acids is 1. The van der Waals surface area contributed by atoms with Crippen molar-refractivity contribution in [3.8, 4) is 0 Å². The first-order valence-electron chi connectivity index (χ1n) is 4.31. The average Bonchev–Trinajstić information content (AvgIpc) is 2.56. The molecule has 0 aromatic rings. The van der Waals surface area contributed by atoms with E-state index in [9.17, 15) is 4.79 Å². The molecule has 0 spiro atoms. The van der Waals surface area contributed by atoms with E-state index in [1.807, 2.05) is 6.08 Å². The van der Waals surface area contributed by atoms with Crippen molar-refractivity contribution in [3.05, 3.63) is 24.8 Å². The van der Waals surface area contributed by atoms with Gasteiger partial charge in [0.1, 0.15) is 6.10 Å². The molecule has 2 aliphatic rings. The fourth-order valence-corrected chi connectivity index (χ4v) is 2.01. The SMILES string of the molecule is C=CCC1C(=O)OC2C=CCC21. The van der Waals surface area contributed by atoms with Gasteiger partial charge in [-0.05, 0) is 18.9 Å². The Morgan fingerprint density at radius 3 is 3.33 bits per heavy atom. The Hall–Kier alpha value is -1.05. The summed E-state index contributed by atoms with van der Waals surface area (Å²) in [6.45, 7) is 3.64. The molecule has 1 saturated heterocycles. The van der Waals surface area contributed by atoms with Crippen molar-refractivity contribution >= 4 is 5.97 Å². The maximum absolute atomic E-state index is 11.3. The molecule has 1 aliphatic heterocycles. The summed E-state index contributed by atoms with van der Waals surface area (Å²) in [6.07, 6.45) is 7.68. The Bertz CT molecular complexity index is 242. The third kappa shape index (κ3) is 0.986. The molecule has 1 fully saturated rings. The number of esters is 1. The lowest BCUT2D eigenvalue weighted by atomic mass is 9.89. The Balaban J connectivity index is 2.13. The zero-order valence-electron chi connectivity index (χ0n) is 6.90. The first-order chi connectivity index (χ1) is 5.83. The molecule has 3 atom stereocenters. The van der Waals surface area contributed by atoms with Crippen LogP contribution in [0.15, 0.2) is 24.8 Å². The van der Waals surface area contributed by atoms with Crippen LogP contribution in [0.4, 0.5) is 0 Å². The van der Waals surface area contributed by atoms with Gasteiger partial charge in [0, 0.05) is 5.92 Å². The summed E-state index contributed by atoms with van der Waals surface area (Å²) >= 11 is 0. The zero-order chi connectivity index (χ0) is 8.55. The number of fused-ring (bicyclic) bond motifs is 1. The Kier molecular flexibility index (Phi) is 1.75. The van der Waals surface area contributed by atoms with Crippen LogP contribution in [0, 0.1) is 11.8 Å². The van der Waals surface area contributed by atoms with E-state index in [2.05, 4.69) is 12.7 Å². The monoisotopic (exact) mass is 164 g/mol. The van der Waals surface area contributed by atoms with Crippen molar-refractivity contribution in [3.63, 3.8) is 0 Å². The van der Waals surface area contributed by atoms with Gasteiger partial charge >= 0.3 is 5.97 Å². The van der Waals surface area contributed by atoms with Gasteiger partial charge in [-0.2, -0.15) is 0 Å². The normalized spacial score (nSPS) is 38.0. The molecule has 2 rings (SSSR count). The van der Waals surface area contributed by atoms with Gasteiger partial charge in [-0.1, -0.05) is 12.2 Å². The Labute approximate surface area is 71.9 Å². The van der Waals surface area contributed by atoms with Crippen LogP contribution in [-0.4, -0.2) is 12.1 Å². The van der Waals surface area contributed by atoms with Gasteiger partial charge in [-0.25, -0.2) is 0 Å². The van der Waals surface area contributed by atoms with E-state index in [0.29, 0.717) is 5.92 Å². The standard InChI is InChI=1S/C10H12O2/c1-2-4-8-7-5-3-6-9(7)12-10(8)11/h2-3,6-9H,1,4-5H2. The second-order valence-corrected chi connectivity index (χ2v) is 3.36. The van der Waals surface area contributed by atoms with E-state index in [4.69, 9.17) is 4.74 Å². The Morgan fingerprint density at radius 1 is 1.75 bits per heavy atom. The molecule has 3 unspecified atom stereocenters. The van der Waals surface area contributed by atoms with Gasteiger partial charge in [0.15, 0.2) is 0 Å². The summed E-state index contributed by atoms with van der Waals surface area (Å²) in [5, 5.41) is 0. The summed E-state index contributed by atoms with van der Waals surface area (Å²) < 4.78 is 5.18. The lowest BCUT2D eigenvalue weighted by molar-refractivity contribution is -0.142. The first-order valence-corrected chi connectivity index (χ1v) is 4.31. The summed E-state index contributed by atoms with van der Waals surface area (Å²) in [7, 11) is 0. The van der Waals surface area contributed by atoms with Crippen LogP contribution in [0.1, 0.15) is 12.8 Å². The van der Waals surface area contributed by atoms with E-state index >= 15 is 0 Å². The fourth-order valence-electron chi connectivity index (χ4n) is 2.01. The third-order valence-electron chi connectivity index (χ3n) is 2.65. The van der Waals surface area contributed by atoms with Crippen LogP contribution in [0.25, 0.3) is 0 Å². The molecule has 0 radical (unpaired) electrons. The highest BCUT2D eigenvalue weighted by Gasteiger charge is 2.43. The van der Waals surface area contributed by atoms with Crippen LogP contribution in [0.2, 0.25) is 0 Å². The predicted octanol–water partition coefficient (Wildman–Crippen LogP) is 1.68. The highest BCUT2D eigenvalue weighted by molar-refractivity contribution is 5.76. The average molecular weight is 164 g/mol. The second-order valence-electron chi connectivity index (χ2n) is 3.36. The smallest absolute Gasteiger partial charge is 0.310 e. The summed E-state index contributed by atoms with van der Waals surface area (Å²) in [5.41, 5.74) is 0. The quantitative estimate of drug-likeness (QED) is 0.458. The van der Waals surface area contributed by atoms with Crippen molar-refractivity contribution < 1.29 is 9.53 Å². The van der Waals surface area contributed by atoms with Gasteiger partial charge < -0.3 is 4.74 Å². The second kappa shape index (κ2) is 2.77. The van der Waals surface area contributed by atoms with Crippen molar-refractivity contribution in [1.82, 2.24) is 0 Å². The number of rotatable bonds is 2. The van der Waals surface area contributed by atoms with Gasteiger partial charge in [0.05, 0.1) is 5.92 Å². The molecule has 0 aromatic heterocycles. The van der Waals surface area contributed by atoms with Crippen LogP contribution in [-0.2, 0) is 9.53 Å². The number of hydrogen-bond acceptors (Lipinski definition) is 2. The van der Waals surface area contributed by atoms with E-state index < -0.39 is 0 Å². The van der Waals surface area contributed by atoms with Crippen LogP contribution in [0.5, 0.6) is 0 Å². The number of hydrogen-bond donors (Lipinski definition) is 0. The molecule has 0 aromatic carbocycles. The highest BCUT2D eigenvalue weighted by Crippen LogP contribution is 2.38. The first kappa shape index (κ1) is 7.59. The molecule has 1 aliphatic carbocycles. The van der Waals surface area contributed by atoms with Crippen molar-refractivity contribution in [2.75, 3.05) is 0 Å². The van der Waals surface area contributed by atoms with E-state index in [0.717, 1.165) is 12.8 Å². The molecule has 0 amide bonds. The maximum Gasteiger partial charge on any atom is 0.310 e. The van der Waals surface area contributed by atoms with Crippen molar-refractivity contribution in [2.45, 2.75) is 18.9 Å². The molecule has 64 valence electrons. The Morgan fingerprint density at radius 2 is 2.58 bits per heavy atom. The number of allylic oxidation sites excluding steroid dienone is 2. The molecule has 0 N–H and O–H groups in total. The molecule has 2 heteroatoms. The van der Waals surface area contributed by atoms with Crippen LogP contribution >= 0.6 is 0 Å². The van der Waals surface area contributed by atoms with Crippen molar-refractivity contribution in [2.24, 2.45) is 11.8 Å². The molecule has 2 nitrogen and oxygen atoms in total. The number of ether oxygens (including phenoxy) is 1. The summed E-state index contributed by atoms with van der Waals surface area (Å²) in [4.78, 5) is 11.3. The largest absolute Gasteiger partial charge is 0.458 e. The van der Waals surface area contributed by atoms with E-state index in [1.54, 1.807) is 6.08 Å². The van der Waals surface area contributed by atoms with Crippen molar-refractivity contribution in [1.29, 1.82) is 0 Å². The molecule has 0 saturated carbocycles. The molecule has 0 bridgehead atoms.